The minimum atomic E-state index is -0.325. The van der Waals surface area contributed by atoms with Crippen molar-refractivity contribution in [3.05, 3.63) is 89.6 Å². The summed E-state index contributed by atoms with van der Waals surface area (Å²) in [7, 11) is 0. The number of nitrogens with one attached hydrogen (secondary N) is 2. The van der Waals surface area contributed by atoms with E-state index in [-0.39, 0.29) is 18.4 Å². The molecule has 0 bridgehead atoms. The summed E-state index contributed by atoms with van der Waals surface area (Å²) in [6.45, 7) is -0.191. The number of hydrogen-bond donors (Lipinski definition) is 3. The number of carbonyl (C=O) groups excluding carboxylic acids is 2. The molecule has 0 aliphatic rings. The number of para-hydroxylation sites is 2. The highest BCUT2D eigenvalue weighted by atomic mass is 35.5. The lowest BCUT2D eigenvalue weighted by Crippen LogP contribution is -2.20. The van der Waals surface area contributed by atoms with E-state index in [1.54, 1.807) is 79.0 Å². The zero-order chi connectivity index (χ0) is 22.5. The first kappa shape index (κ1) is 21.1. The maximum atomic E-state index is 12.4. The van der Waals surface area contributed by atoms with E-state index in [1.807, 2.05) is 0 Å². The Bertz CT molecular complexity index is 1290. The predicted octanol–water partition coefficient (Wildman–Crippen LogP) is 4.74. The summed E-state index contributed by atoms with van der Waals surface area (Å²) >= 11 is 5.99. The molecular weight excluding hydrogens is 428 g/mol. The number of fused-ring (bicyclic) bond motifs is 1. The summed E-state index contributed by atoms with van der Waals surface area (Å²) in [6.07, 6.45) is 1.60. The lowest BCUT2D eigenvalue weighted by atomic mass is 10.2. The Kier molecular flexibility index (Phi) is 6.19. The maximum Gasteiger partial charge on any atom is 0.262 e. The highest BCUT2D eigenvalue weighted by molar-refractivity contribution is 6.31. The first-order valence-corrected chi connectivity index (χ1v) is 10.1. The Morgan fingerprint density at radius 2 is 1.72 bits per heavy atom. The second-order valence-electron chi connectivity index (χ2n) is 6.92. The Labute approximate surface area is 189 Å². The van der Waals surface area contributed by atoms with E-state index >= 15 is 0 Å². The summed E-state index contributed by atoms with van der Waals surface area (Å²) in [5, 5.41) is 6.92. The molecule has 0 spiro atoms. The van der Waals surface area contributed by atoms with E-state index in [4.69, 9.17) is 22.1 Å². The fraction of sp³-hybridized carbons (Fsp3) is 0.0417. The average molecular weight is 447 g/mol. The molecule has 3 aromatic carbocycles. The van der Waals surface area contributed by atoms with E-state index in [0.717, 1.165) is 5.39 Å². The number of nitrogen functional groups attached to an aromatic ring is 1. The molecule has 160 valence electrons. The third kappa shape index (κ3) is 4.96. The van der Waals surface area contributed by atoms with Gasteiger partial charge >= 0.3 is 0 Å². The summed E-state index contributed by atoms with van der Waals surface area (Å²) in [5.74, 6) is -0.159. The van der Waals surface area contributed by atoms with Gasteiger partial charge in [-0.05, 0) is 60.7 Å². The molecule has 0 fully saturated rings. The van der Waals surface area contributed by atoms with Gasteiger partial charge < -0.3 is 21.1 Å². The van der Waals surface area contributed by atoms with Crippen LogP contribution in [0.25, 0.3) is 10.9 Å². The van der Waals surface area contributed by atoms with Gasteiger partial charge in [0.25, 0.3) is 11.8 Å². The molecule has 0 unspecified atom stereocenters. The van der Waals surface area contributed by atoms with Gasteiger partial charge in [0.15, 0.2) is 6.61 Å². The van der Waals surface area contributed by atoms with Crippen LogP contribution in [-0.4, -0.2) is 23.4 Å². The second-order valence-corrected chi connectivity index (χ2v) is 7.36. The van der Waals surface area contributed by atoms with Gasteiger partial charge in [-0.3, -0.25) is 14.6 Å². The zero-order valence-electron chi connectivity index (χ0n) is 16.8. The molecule has 0 saturated heterocycles. The summed E-state index contributed by atoms with van der Waals surface area (Å²) in [5.41, 5.74) is 8.61. The van der Waals surface area contributed by atoms with Crippen LogP contribution in [0.2, 0.25) is 5.02 Å². The molecule has 1 heterocycles. The number of nitrogens with two attached hydrogens (primary N) is 1. The lowest BCUT2D eigenvalue weighted by molar-refractivity contribution is -0.118. The van der Waals surface area contributed by atoms with Crippen LogP contribution in [-0.2, 0) is 4.79 Å². The summed E-state index contributed by atoms with van der Waals surface area (Å²) < 4.78 is 5.54. The largest absolute Gasteiger partial charge is 0.484 e. The highest BCUT2D eigenvalue weighted by Gasteiger charge is 2.10. The smallest absolute Gasteiger partial charge is 0.262 e. The topological polar surface area (TPSA) is 106 Å². The van der Waals surface area contributed by atoms with E-state index in [9.17, 15) is 9.59 Å². The van der Waals surface area contributed by atoms with Gasteiger partial charge in [-0.1, -0.05) is 23.7 Å². The predicted molar refractivity (Wildman–Crippen MR) is 126 cm³/mol. The molecule has 4 rings (SSSR count). The number of anilines is 3. The van der Waals surface area contributed by atoms with Crippen LogP contribution in [0.1, 0.15) is 10.4 Å². The molecule has 4 N–H and O–H groups in total. The fourth-order valence-corrected chi connectivity index (χ4v) is 3.24. The third-order valence-corrected chi connectivity index (χ3v) is 4.91. The van der Waals surface area contributed by atoms with Crippen LogP contribution in [0.5, 0.6) is 5.75 Å². The van der Waals surface area contributed by atoms with E-state index in [0.29, 0.717) is 38.9 Å². The number of hydrogen-bond acceptors (Lipinski definition) is 5. The van der Waals surface area contributed by atoms with Crippen molar-refractivity contribution in [1.29, 1.82) is 0 Å². The lowest BCUT2D eigenvalue weighted by Gasteiger charge is -2.11. The van der Waals surface area contributed by atoms with Crippen molar-refractivity contribution in [2.24, 2.45) is 0 Å². The number of halogens is 1. The quantitative estimate of drug-likeness (QED) is 0.371. The van der Waals surface area contributed by atoms with Crippen LogP contribution in [0, 0.1) is 0 Å². The Hall–Kier alpha value is -4.10. The summed E-state index contributed by atoms with van der Waals surface area (Å²) in [6, 6.07) is 20.5. The van der Waals surface area contributed by atoms with Crippen LogP contribution in [0.4, 0.5) is 17.1 Å². The molecule has 4 aromatic rings. The fourth-order valence-electron chi connectivity index (χ4n) is 3.07. The monoisotopic (exact) mass is 446 g/mol. The third-order valence-electron chi connectivity index (χ3n) is 4.67. The molecule has 32 heavy (non-hydrogen) atoms. The Morgan fingerprint density at radius 1 is 0.938 bits per heavy atom. The minimum Gasteiger partial charge on any atom is -0.484 e. The van der Waals surface area contributed by atoms with Crippen molar-refractivity contribution in [1.82, 2.24) is 4.98 Å². The van der Waals surface area contributed by atoms with Crippen molar-refractivity contribution in [2.45, 2.75) is 0 Å². The molecule has 0 saturated carbocycles. The van der Waals surface area contributed by atoms with Crippen molar-refractivity contribution in [3.63, 3.8) is 0 Å². The number of amides is 2. The van der Waals surface area contributed by atoms with Crippen LogP contribution in [0.15, 0.2) is 79.0 Å². The van der Waals surface area contributed by atoms with Crippen LogP contribution in [0.3, 0.4) is 0 Å². The molecule has 0 aliphatic heterocycles. The van der Waals surface area contributed by atoms with Crippen LogP contribution >= 0.6 is 11.6 Å². The van der Waals surface area contributed by atoms with E-state index in [2.05, 4.69) is 15.6 Å². The SMILES string of the molecule is Nc1ccccc1NC(=O)c1ccc(OCC(=O)Nc2ccnc3cc(Cl)ccc23)cc1. The molecule has 0 atom stereocenters. The second kappa shape index (κ2) is 9.36. The van der Waals surface area contributed by atoms with Crippen molar-refractivity contribution < 1.29 is 14.3 Å². The van der Waals surface area contributed by atoms with Gasteiger partial charge in [-0.25, -0.2) is 0 Å². The molecule has 7 nitrogen and oxygen atoms in total. The van der Waals surface area contributed by atoms with Gasteiger partial charge in [-0.2, -0.15) is 0 Å². The van der Waals surface area contributed by atoms with Crippen molar-refractivity contribution in [2.75, 3.05) is 23.0 Å². The van der Waals surface area contributed by atoms with Crippen molar-refractivity contribution >= 4 is 51.4 Å². The van der Waals surface area contributed by atoms with Crippen molar-refractivity contribution in [3.8, 4) is 5.75 Å². The van der Waals surface area contributed by atoms with Gasteiger partial charge in [0.05, 0.1) is 22.6 Å². The van der Waals surface area contributed by atoms with E-state index in [1.165, 1.54) is 0 Å². The zero-order valence-corrected chi connectivity index (χ0v) is 17.6. The van der Waals surface area contributed by atoms with E-state index < -0.39 is 0 Å². The van der Waals surface area contributed by atoms with Gasteiger partial charge in [0.1, 0.15) is 5.75 Å². The Balaban J connectivity index is 1.35. The maximum absolute atomic E-state index is 12.4. The first-order chi connectivity index (χ1) is 15.5. The highest BCUT2D eigenvalue weighted by Crippen LogP contribution is 2.24. The number of rotatable bonds is 6. The number of benzene rings is 3. The number of ether oxygens (including phenoxy) is 1. The number of pyridine rings is 1. The van der Waals surface area contributed by atoms with Gasteiger partial charge in [0, 0.05) is 22.2 Å². The molecule has 1 aromatic heterocycles. The average Bonchev–Trinajstić information content (AvgIpc) is 2.79. The summed E-state index contributed by atoms with van der Waals surface area (Å²) in [4.78, 5) is 29.0. The standard InChI is InChI=1S/C24H19ClN4O3/c25-16-7-10-18-20(11-12-27-22(18)13-16)28-23(30)14-32-17-8-5-15(6-9-17)24(31)29-21-4-2-1-3-19(21)26/h1-13H,14,26H2,(H,29,31)(H,27,28,30). The Morgan fingerprint density at radius 3 is 2.50 bits per heavy atom. The number of nitrogens with zero attached hydrogens (tertiary/aromatic N) is 1. The molecule has 8 heteroatoms. The molecule has 0 aliphatic carbocycles. The number of aromatic nitrogens is 1. The normalized spacial score (nSPS) is 10.5. The molecular formula is C24H19ClN4O3. The van der Waals surface area contributed by atoms with Crippen LogP contribution < -0.4 is 21.1 Å². The van der Waals surface area contributed by atoms with Gasteiger partial charge in [-0.15, -0.1) is 0 Å². The molecule has 2 amide bonds. The molecule has 0 radical (unpaired) electrons. The van der Waals surface area contributed by atoms with Gasteiger partial charge in [0.2, 0.25) is 0 Å². The minimum absolute atomic E-state index is 0.191. The first-order valence-electron chi connectivity index (χ1n) is 9.72. The number of carbonyl (C=O) groups is 2.